The highest BCUT2D eigenvalue weighted by Gasteiger charge is 2.40. The van der Waals surface area contributed by atoms with Crippen LogP contribution in [0.5, 0.6) is 0 Å². The van der Waals surface area contributed by atoms with E-state index in [9.17, 15) is 4.79 Å². The normalized spacial score (nSPS) is 24.3. The average Bonchev–Trinajstić information content (AvgIpc) is 3.26. The molecule has 1 unspecified atom stereocenters. The van der Waals surface area contributed by atoms with Crippen molar-refractivity contribution in [3.63, 3.8) is 0 Å². The zero-order valence-corrected chi connectivity index (χ0v) is 13.1. The van der Waals surface area contributed by atoms with Crippen LogP contribution >= 0.6 is 0 Å². The van der Waals surface area contributed by atoms with Crippen LogP contribution in [0, 0.1) is 5.41 Å². The van der Waals surface area contributed by atoms with Gasteiger partial charge in [-0.15, -0.1) is 10.2 Å². The number of piperidine rings is 1. The van der Waals surface area contributed by atoms with Crippen molar-refractivity contribution in [2.75, 3.05) is 26.2 Å². The molecule has 2 aliphatic rings. The lowest BCUT2D eigenvalue weighted by Gasteiger charge is -2.33. The van der Waals surface area contributed by atoms with Crippen LogP contribution < -0.4 is 5.32 Å². The maximum atomic E-state index is 12.7. The molecule has 6 nitrogen and oxygen atoms in total. The van der Waals surface area contributed by atoms with Crippen LogP contribution in [-0.4, -0.2) is 51.8 Å². The van der Waals surface area contributed by atoms with Gasteiger partial charge in [0.05, 0.1) is 0 Å². The van der Waals surface area contributed by atoms with E-state index in [1.54, 1.807) is 12.7 Å². The third-order valence-corrected chi connectivity index (χ3v) is 5.12. The molecule has 2 aromatic rings. The number of hydrogen-bond donors (Lipinski definition) is 1. The molecule has 0 bridgehead atoms. The number of amides is 1. The Morgan fingerprint density at radius 3 is 2.61 bits per heavy atom. The maximum absolute atomic E-state index is 12.7. The molecule has 4 rings (SSSR count). The minimum absolute atomic E-state index is 0.141. The van der Waals surface area contributed by atoms with Crippen molar-refractivity contribution < 1.29 is 4.79 Å². The molecule has 1 aromatic heterocycles. The lowest BCUT2D eigenvalue weighted by atomic mass is 9.80. The first-order valence-electron chi connectivity index (χ1n) is 8.21. The number of nitrogens with one attached hydrogen (secondary N) is 1. The second-order valence-corrected chi connectivity index (χ2v) is 6.67. The van der Waals surface area contributed by atoms with E-state index >= 15 is 0 Å². The second kappa shape index (κ2) is 5.77. The Balaban J connectivity index is 1.47. The van der Waals surface area contributed by atoms with E-state index in [0.29, 0.717) is 5.41 Å². The van der Waals surface area contributed by atoms with Gasteiger partial charge in [-0.1, -0.05) is 0 Å². The molecule has 1 aromatic carbocycles. The Hall–Kier alpha value is -2.21. The number of carbonyl (C=O) groups excluding carboxylic acids is 1. The quantitative estimate of drug-likeness (QED) is 0.912. The summed E-state index contributed by atoms with van der Waals surface area (Å²) in [6, 6.07) is 7.65. The Kier molecular flexibility index (Phi) is 3.61. The average molecular weight is 311 g/mol. The third-order valence-electron chi connectivity index (χ3n) is 5.12. The van der Waals surface area contributed by atoms with Gasteiger partial charge in [-0.3, -0.25) is 9.36 Å². The summed E-state index contributed by atoms with van der Waals surface area (Å²) in [4.78, 5) is 14.8. The van der Waals surface area contributed by atoms with Crippen molar-refractivity contribution in [3.05, 3.63) is 42.5 Å². The summed E-state index contributed by atoms with van der Waals surface area (Å²) in [7, 11) is 0. The van der Waals surface area contributed by atoms with Gasteiger partial charge in [-0.25, -0.2) is 0 Å². The molecule has 23 heavy (non-hydrogen) atoms. The van der Waals surface area contributed by atoms with Gasteiger partial charge in [0.2, 0.25) is 0 Å². The smallest absolute Gasteiger partial charge is 0.253 e. The van der Waals surface area contributed by atoms with Gasteiger partial charge in [0.25, 0.3) is 5.91 Å². The number of aromatic nitrogens is 3. The lowest BCUT2D eigenvalue weighted by Crippen LogP contribution is -2.42. The number of benzene rings is 1. The van der Waals surface area contributed by atoms with Gasteiger partial charge in [-0.2, -0.15) is 0 Å². The van der Waals surface area contributed by atoms with E-state index in [1.165, 1.54) is 12.8 Å². The number of nitrogens with zero attached hydrogens (tertiary/aromatic N) is 4. The van der Waals surface area contributed by atoms with Crippen LogP contribution in [-0.2, 0) is 0 Å². The number of rotatable bonds is 2. The predicted molar refractivity (Wildman–Crippen MR) is 86.4 cm³/mol. The molecule has 2 saturated heterocycles. The van der Waals surface area contributed by atoms with Crippen LogP contribution in [0.25, 0.3) is 5.69 Å². The fourth-order valence-electron chi connectivity index (χ4n) is 3.78. The van der Waals surface area contributed by atoms with Gasteiger partial charge in [-0.05, 0) is 50.1 Å². The van der Waals surface area contributed by atoms with Crippen LogP contribution in [0.1, 0.15) is 29.6 Å². The summed E-state index contributed by atoms with van der Waals surface area (Å²) in [5, 5.41) is 11.1. The van der Waals surface area contributed by atoms with Gasteiger partial charge in [0.1, 0.15) is 12.7 Å². The standard InChI is InChI=1S/C17H21N5O/c23-16(21-9-7-17(11-21)6-1-8-18-10-17)14-2-4-15(5-3-14)22-12-19-20-13-22/h2-5,12-13,18H,1,6-11H2. The summed E-state index contributed by atoms with van der Waals surface area (Å²) in [5.74, 6) is 0.141. The first kappa shape index (κ1) is 14.4. The van der Waals surface area contributed by atoms with Crippen LogP contribution in [0.15, 0.2) is 36.9 Å². The number of carbonyl (C=O) groups is 1. The van der Waals surface area contributed by atoms with Gasteiger partial charge in [0, 0.05) is 36.3 Å². The molecule has 0 radical (unpaired) electrons. The summed E-state index contributed by atoms with van der Waals surface area (Å²) < 4.78 is 1.83. The summed E-state index contributed by atoms with van der Waals surface area (Å²) in [6.07, 6.45) is 6.87. The highest BCUT2D eigenvalue weighted by atomic mass is 16.2. The van der Waals surface area contributed by atoms with Gasteiger partial charge < -0.3 is 10.2 Å². The molecule has 2 fully saturated rings. The molecule has 2 aliphatic heterocycles. The summed E-state index contributed by atoms with van der Waals surface area (Å²) in [5.41, 5.74) is 2.01. The molecule has 1 spiro atoms. The van der Waals surface area contributed by atoms with Crippen molar-refractivity contribution in [1.82, 2.24) is 25.0 Å². The Labute approximate surface area is 135 Å². The van der Waals surface area contributed by atoms with Crippen LogP contribution in [0.4, 0.5) is 0 Å². The Morgan fingerprint density at radius 2 is 1.91 bits per heavy atom. The Morgan fingerprint density at radius 1 is 1.13 bits per heavy atom. The molecule has 120 valence electrons. The number of hydrogen-bond acceptors (Lipinski definition) is 4. The summed E-state index contributed by atoms with van der Waals surface area (Å²) >= 11 is 0. The maximum Gasteiger partial charge on any atom is 0.253 e. The SMILES string of the molecule is O=C(c1ccc(-n2cnnc2)cc1)N1CCC2(CCCNC2)C1. The van der Waals surface area contributed by atoms with Crippen molar-refractivity contribution in [2.24, 2.45) is 5.41 Å². The van der Waals surface area contributed by atoms with E-state index in [-0.39, 0.29) is 5.91 Å². The van der Waals surface area contributed by atoms with E-state index in [4.69, 9.17) is 0 Å². The molecule has 1 N–H and O–H groups in total. The molecule has 6 heteroatoms. The zero-order valence-electron chi connectivity index (χ0n) is 13.1. The topological polar surface area (TPSA) is 63.1 Å². The molecular weight excluding hydrogens is 290 g/mol. The van der Waals surface area contributed by atoms with Gasteiger partial charge in [0.15, 0.2) is 0 Å². The van der Waals surface area contributed by atoms with Crippen molar-refractivity contribution in [1.29, 1.82) is 0 Å². The third kappa shape index (κ3) is 2.74. The number of likely N-dealkylation sites (tertiary alicyclic amines) is 1. The fourth-order valence-corrected chi connectivity index (χ4v) is 3.78. The first-order valence-corrected chi connectivity index (χ1v) is 8.21. The molecule has 1 amide bonds. The summed E-state index contributed by atoms with van der Waals surface area (Å²) in [6.45, 7) is 3.91. The monoisotopic (exact) mass is 311 g/mol. The van der Waals surface area contributed by atoms with E-state index in [2.05, 4.69) is 15.5 Å². The molecule has 1 atom stereocenters. The second-order valence-electron chi connectivity index (χ2n) is 6.67. The lowest BCUT2D eigenvalue weighted by molar-refractivity contribution is 0.0764. The highest BCUT2D eigenvalue weighted by Crippen LogP contribution is 2.36. The fraction of sp³-hybridized carbons (Fsp3) is 0.471. The van der Waals surface area contributed by atoms with Crippen molar-refractivity contribution in [2.45, 2.75) is 19.3 Å². The molecule has 3 heterocycles. The van der Waals surface area contributed by atoms with E-state index in [0.717, 1.165) is 43.9 Å². The van der Waals surface area contributed by atoms with Crippen LogP contribution in [0.3, 0.4) is 0 Å². The molecular formula is C17H21N5O. The van der Waals surface area contributed by atoms with Crippen molar-refractivity contribution >= 4 is 5.91 Å². The highest BCUT2D eigenvalue weighted by molar-refractivity contribution is 5.94. The van der Waals surface area contributed by atoms with Crippen molar-refractivity contribution in [3.8, 4) is 5.69 Å². The molecule has 0 aliphatic carbocycles. The minimum Gasteiger partial charge on any atom is -0.338 e. The van der Waals surface area contributed by atoms with E-state index < -0.39 is 0 Å². The minimum atomic E-state index is 0.141. The molecule has 0 saturated carbocycles. The van der Waals surface area contributed by atoms with Crippen LogP contribution in [0.2, 0.25) is 0 Å². The first-order chi connectivity index (χ1) is 11.3. The van der Waals surface area contributed by atoms with Gasteiger partial charge >= 0.3 is 0 Å². The van der Waals surface area contributed by atoms with E-state index in [1.807, 2.05) is 33.7 Å². The zero-order chi connectivity index (χ0) is 15.7. The largest absolute Gasteiger partial charge is 0.338 e. The predicted octanol–water partition coefficient (Wildman–Crippen LogP) is 1.48. The Bertz CT molecular complexity index is 674.